The van der Waals surface area contributed by atoms with Crippen LogP contribution in [0.25, 0.3) is 0 Å². The van der Waals surface area contributed by atoms with Crippen LogP contribution in [-0.4, -0.2) is 56.5 Å². The summed E-state index contributed by atoms with van der Waals surface area (Å²) in [5.74, 6) is 1.44. The van der Waals surface area contributed by atoms with E-state index < -0.39 is 0 Å². The Morgan fingerprint density at radius 1 is 1.36 bits per heavy atom. The Bertz CT molecular complexity index is 549. The summed E-state index contributed by atoms with van der Waals surface area (Å²) in [5, 5.41) is 3.08. The van der Waals surface area contributed by atoms with Crippen molar-refractivity contribution >= 4 is 5.91 Å². The van der Waals surface area contributed by atoms with Gasteiger partial charge < -0.3 is 24.4 Å². The summed E-state index contributed by atoms with van der Waals surface area (Å²) in [4.78, 5) is 14.4. The van der Waals surface area contributed by atoms with Crippen molar-refractivity contribution in [2.24, 2.45) is 0 Å². The summed E-state index contributed by atoms with van der Waals surface area (Å²) >= 11 is 0. The largest absolute Gasteiger partial charge is 0.454 e. The molecule has 1 N–H and O–H groups in total. The minimum atomic E-state index is 0.00358. The zero-order valence-electron chi connectivity index (χ0n) is 13.0. The predicted octanol–water partition coefficient (Wildman–Crippen LogP) is 0.793. The van der Waals surface area contributed by atoms with Crippen LogP contribution in [0.3, 0.4) is 0 Å². The van der Waals surface area contributed by atoms with Crippen LogP contribution in [0.1, 0.15) is 12.5 Å². The fourth-order valence-electron chi connectivity index (χ4n) is 2.98. The molecule has 2 aliphatic heterocycles. The maximum Gasteiger partial charge on any atom is 0.231 e. The Labute approximate surface area is 130 Å². The molecule has 1 aromatic rings. The maximum absolute atomic E-state index is 12.3. The number of fused-ring (bicyclic) bond motifs is 1. The molecule has 2 heterocycles. The summed E-state index contributed by atoms with van der Waals surface area (Å²) in [6.07, 6.45) is 0.395. The number of hydrogen-bond donors (Lipinski definition) is 1. The van der Waals surface area contributed by atoms with Gasteiger partial charge in [-0.05, 0) is 31.7 Å². The van der Waals surface area contributed by atoms with Crippen LogP contribution in [0.5, 0.6) is 11.5 Å². The Balaban J connectivity index is 1.58. The van der Waals surface area contributed by atoms with Gasteiger partial charge in [0.15, 0.2) is 11.5 Å². The molecule has 1 saturated heterocycles. The highest BCUT2D eigenvalue weighted by molar-refractivity contribution is 5.79. The van der Waals surface area contributed by atoms with Gasteiger partial charge in [-0.25, -0.2) is 0 Å². The van der Waals surface area contributed by atoms with Crippen molar-refractivity contribution in [2.75, 3.05) is 33.5 Å². The smallest absolute Gasteiger partial charge is 0.231 e. The molecule has 2 aliphatic rings. The summed E-state index contributed by atoms with van der Waals surface area (Å²) in [6, 6.07) is 5.65. The van der Waals surface area contributed by atoms with Crippen LogP contribution in [0.4, 0.5) is 0 Å². The first-order valence-corrected chi connectivity index (χ1v) is 7.63. The van der Waals surface area contributed by atoms with Crippen LogP contribution in [0.15, 0.2) is 18.2 Å². The molecule has 22 heavy (non-hydrogen) atoms. The molecule has 1 amide bonds. The minimum absolute atomic E-state index is 0.00358. The number of amides is 1. The fraction of sp³-hybridized carbons (Fsp3) is 0.562. The molecule has 0 aliphatic carbocycles. The number of carbonyl (C=O) groups excluding carboxylic acids is 1. The lowest BCUT2D eigenvalue weighted by Crippen LogP contribution is -2.44. The van der Waals surface area contributed by atoms with Gasteiger partial charge in [0, 0.05) is 19.7 Å². The molecule has 0 unspecified atom stereocenters. The van der Waals surface area contributed by atoms with E-state index in [-0.39, 0.29) is 24.8 Å². The van der Waals surface area contributed by atoms with Crippen molar-refractivity contribution < 1.29 is 19.0 Å². The lowest BCUT2D eigenvalue weighted by molar-refractivity contribution is -0.121. The van der Waals surface area contributed by atoms with Gasteiger partial charge in [-0.15, -0.1) is 0 Å². The van der Waals surface area contributed by atoms with Gasteiger partial charge in [-0.3, -0.25) is 4.79 Å². The highest BCUT2D eigenvalue weighted by Gasteiger charge is 2.32. The number of benzene rings is 1. The van der Waals surface area contributed by atoms with E-state index in [1.54, 1.807) is 0 Å². The molecule has 0 spiro atoms. The van der Waals surface area contributed by atoms with Crippen molar-refractivity contribution in [1.82, 2.24) is 10.2 Å². The van der Waals surface area contributed by atoms with Crippen LogP contribution in [0, 0.1) is 0 Å². The van der Waals surface area contributed by atoms with E-state index in [4.69, 9.17) is 14.2 Å². The quantitative estimate of drug-likeness (QED) is 0.872. The van der Waals surface area contributed by atoms with Crippen LogP contribution in [0.2, 0.25) is 0 Å². The zero-order valence-corrected chi connectivity index (χ0v) is 13.0. The van der Waals surface area contributed by atoms with E-state index in [9.17, 15) is 4.79 Å². The second kappa shape index (κ2) is 6.54. The van der Waals surface area contributed by atoms with Crippen molar-refractivity contribution in [2.45, 2.75) is 25.5 Å². The van der Waals surface area contributed by atoms with Gasteiger partial charge in [0.2, 0.25) is 12.7 Å². The molecular formula is C16H22N2O4. The van der Waals surface area contributed by atoms with E-state index in [1.165, 1.54) is 0 Å². The van der Waals surface area contributed by atoms with Gasteiger partial charge in [-0.1, -0.05) is 6.07 Å². The van der Waals surface area contributed by atoms with Gasteiger partial charge in [-0.2, -0.15) is 0 Å². The number of rotatable bonds is 5. The molecule has 0 saturated carbocycles. The van der Waals surface area contributed by atoms with E-state index in [2.05, 4.69) is 10.2 Å². The highest BCUT2D eigenvalue weighted by atomic mass is 16.7. The zero-order chi connectivity index (χ0) is 15.5. The number of nitrogens with one attached hydrogen (secondary N) is 1. The Morgan fingerprint density at radius 2 is 2.18 bits per heavy atom. The molecule has 6 nitrogen and oxygen atoms in total. The summed E-state index contributed by atoms with van der Waals surface area (Å²) in [6.45, 7) is 4.55. The summed E-state index contributed by atoms with van der Waals surface area (Å²) < 4.78 is 16.3. The average Bonchev–Trinajstić information content (AvgIpc) is 3.05. The number of ether oxygens (including phenoxy) is 3. The third-order valence-corrected chi connectivity index (χ3v) is 3.98. The number of likely N-dealkylation sites (N-methyl/N-ethyl adjacent to an activating group) is 1. The topological polar surface area (TPSA) is 60.0 Å². The van der Waals surface area contributed by atoms with Crippen LogP contribution in [-0.2, 0) is 16.0 Å². The third-order valence-electron chi connectivity index (χ3n) is 3.98. The Hall–Kier alpha value is -1.79. The number of likely N-dealkylation sites (tertiary alicyclic amines) is 1. The van der Waals surface area contributed by atoms with Crippen LogP contribution < -0.4 is 14.8 Å². The van der Waals surface area contributed by atoms with E-state index in [1.807, 2.05) is 32.2 Å². The molecule has 1 aromatic carbocycles. The Kier molecular flexibility index (Phi) is 4.49. The Morgan fingerprint density at radius 3 is 3.00 bits per heavy atom. The second-order valence-electron chi connectivity index (χ2n) is 5.75. The maximum atomic E-state index is 12.3. The van der Waals surface area contributed by atoms with Crippen molar-refractivity contribution in [1.29, 1.82) is 0 Å². The van der Waals surface area contributed by atoms with E-state index >= 15 is 0 Å². The monoisotopic (exact) mass is 306 g/mol. The van der Waals surface area contributed by atoms with Gasteiger partial charge in [0.25, 0.3) is 0 Å². The first-order valence-electron chi connectivity index (χ1n) is 7.63. The molecular weight excluding hydrogens is 284 g/mol. The standard InChI is InChI=1S/C16H22N2O4/c1-3-20-15-9-18(2)8-12(15)17-16(19)7-11-4-5-13-14(6-11)22-10-21-13/h4-6,12,15H,3,7-10H2,1-2H3,(H,17,19)/t12-,15-/m1/s1. The normalized spacial score (nSPS) is 23.7. The first-order chi connectivity index (χ1) is 10.7. The average molecular weight is 306 g/mol. The van der Waals surface area contributed by atoms with Crippen molar-refractivity contribution in [3.05, 3.63) is 23.8 Å². The van der Waals surface area contributed by atoms with Crippen molar-refractivity contribution in [3.8, 4) is 11.5 Å². The molecule has 3 rings (SSSR count). The van der Waals surface area contributed by atoms with E-state index in [0.717, 1.165) is 24.4 Å². The summed E-state index contributed by atoms with van der Waals surface area (Å²) in [5.41, 5.74) is 0.918. The molecule has 2 atom stereocenters. The number of hydrogen-bond acceptors (Lipinski definition) is 5. The van der Waals surface area contributed by atoms with Crippen LogP contribution >= 0.6 is 0 Å². The minimum Gasteiger partial charge on any atom is -0.454 e. The third kappa shape index (κ3) is 3.34. The molecule has 1 fully saturated rings. The molecule has 0 bridgehead atoms. The van der Waals surface area contributed by atoms with Gasteiger partial charge in [0.05, 0.1) is 18.6 Å². The highest BCUT2D eigenvalue weighted by Crippen LogP contribution is 2.32. The predicted molar refractivity (Wildman–Crippen MR) is 81.1 cm³/mol. The second-order valence-corrected chi connectivity index (χ2v) is 5.75. The lowest BCUT2D eigenvalue weighted by Gasteiger charge is -2.19. The molecule has 120 valence electrons. The number of carbonyl (C=O) groups is 1. The van der Waals surface area contributed by atoms with E-state index in [0.29, 0.717) is 18.8 Å². The van der Waals surface area contributed by atoms with Gasteiger partial charge in [0.1, 0.15) is 0 Å². The SMILES string of the molecule is CCO[C@@H]1CN(C)C[C@H]1NC(=O)Cc1ccc2c(c1)OCO2. The molecule has 0 aromatic heterocycles. The first kappa shape index (κ1) is 15.1. The fourth-order valence-corrected chi connectivity index (χ4v) is 2.98. The molecule has 6 heteroatoms. The number of nitrogens with zero attached hydrogens (tertiary/aromatic N) is 1. The van der Waals surface area contributed by atoms with Crippen molar-refractivity contribution in [3.63, 3.8) is 0 Å². The molecule has 0 radical (unpaired) electrons. The lowest BCUT2D eigenvalue weighted by atomic mass is 10.1. The van der Waals surface area contributed by atoms with Gasteiger partial charge >= 0.3 is 0 Å². The summed E-state index contributed by atoms with van der Waals surface area (Å²) in [7, 11) is 2.04.